The number of aliphatic hydroxyl groups is 5. The summed E-state index contributed by atoms with van der Waals surface area (Å²) < 4.78 is 11.4. The van der Waals surface area contributed by atoms with Gasteiger partial charge in [0.2, 0.25) is 5.91 Å². The first kappa shape index (κ1) is 79.2. The second kappa shape index (κ2) is 63.2. The molecule has 0 aliphatic carbocycles. The lowest BCUT2D eigenvalue weighted by atomic mass is 9.99. The van der Waals surface area contributed by atoms with Gasteiger partial charge in [-0.3, -0.25) is 4.79 Å². The van der Waals surface area contributed by atoms with E-state index < -0.39 is 49.5 Å². The van der Waals surface area contributed by atoms with Crippen LogP contribution in [0.5, 0.6) is 0 Å². The normalized spacial score (nSPS) is 18.5. The van der Waals surface area contributed by atoms with Crippen LogP contribution in [0, 0.1) is 0 Å². The average Bonchev–Trinajstić information content (AvgIpc) is 3.61. The van der Waals surface area contributed by atoms with Crippen molar-refractivity contribution in [3.05, 3.63) is 48.6 Å². The molecule has 1 fully saturated rings. The Kier molecular flexibility index (Phi) is 60.3. The van der Waals surface area contributed by atoms with Gasteiger partial charge in [0.15, 0.2) is 6.29 Å². The Labute approximate surface area is 514 Å². The summed E-state index contributed by atoms with van der Waals surface area (Å²) in [5.41, 5.74) is 0. The molecule has 0 bridgehead atoms. The van der Waals surface area contributed by atoms with Gasteiger partial charge in [-0.25, -0.2) is 0 Å². The number of nitrogens with one attached hydrogen (secondary N) is 1. The van der Waals surface area contributed by atoms with Crippen LogP contribution in [0.25, 0.3) is 0 Å². The molecule has 1 aliphatic rings. The second-order valence-electron chi connectivity index (χ2n) is 25.4. The molecule has 1 saturated heterocycles. The summed E-state index contributed by atoms with van der Waals surface area (Å²) in [6.45, 7) is 3.78. The Bertz CT molecular complexity index is 1450. The van der Waals surface area contributed by atoms with E-state index in [0.29, 0.717) is 12.8 Å². The molecule has 1 amide bonds. The van der Waals surface area contributed by atoms with Gasteiger partial charge in [-0.2, -0.15) is 0 Å². The zero-order valence-electron chi connectivity index (χ0n) is 54.7. The molecule has 1 aliphatic heterocycles. The predicted molar refractivity (Wildman–Crippen MR) is 355 cm³/mol. The highest BCUT2D eigenvalue weighted by atomic mass is 16.7. The molecule has 9 heteroatoms. The van der Waals surface area contributed by atoms with Gasteiger partial charge in [-0.15, -0.1) is 0 Å². The molecule has 9 nitrogen and oxygen atoms in total. The minimum Gasteiger partial charge on any atom is -0.394 e. The molecule has 1 heterocycles. The number of unbranched alkanes of at least 4 members (excludes halogenated alkanes) is 46. The molecule has 6 N–H and O–H groups in total. The van der Waals surface area contributed by atoms with Crippen LogP contribution in [0.2, 0.25) is 0 Å². The number of ether oxygens (including phenoxy) is 2. The summed E-state index contributed by atoms with van der Waals surface area (Å²) in [5.74, 6) is -0.138. The maximum atomic E-state index is 13.2. The maximum absolute atomic E-state index is 13.2. The van der Waals surface area contributed by atoms with Crippen molar-refractivity contribution in [3.8, 4) is 0 Å². The fourth-order valence-electron chi connectivity index (χ4n) is 11.8. The number of rotatable bonds is 64. The van der Waals surface area contributed by atoms with Crippen LogP contribution < -0.4 is 5.32 Å². The van der Waals surface area contributed by atoms with Gasteiger partial charge < -0.3 is 40.3 Å². The molecule has 0 aromatic heterocycles. The van der Waals surface area contributed by atoms with Crippen LogP contribution in [0.4, 0.5) is 0 Å². The molecule has 7 unspecified atom stereocenters. The van der Waals surface area contributed by atoms with Gasteiger partial charge in [-0.1, -0.05) is 351 Å². The standard InChI is InChI=1S/C74H139NO8/c1-3-5-7-9-11-13-15-17-19-21-23-25-27-29-31-33-34-36-38-40-42-44-46-48-50-52-54-56-58-60-62-64-70(78)75-67(66-82-74-73(81)72(80)71(79)69(65-76)83-74)68(77)63-61-59-57-55-53-51-49-47-45-43-41-39-37-35-32-30-28-26-24-22-20-18-16-14-12-10-8-6-4-2/h5,7,11,13,17,19,23,25,67-69,71-74,76-77,79-81H,3-4,6,8-10,12,14-16,18,20-22,24,26-66H2,1-2H3,(H,75,78)/b7-5-,13-11-,19-17-,25-23-. The third-order valence-electron chi connectivity index (χ3n) is 17.4. The Morgan fingerprint density at radius 2 is 0.747 bits per heavy atom. The zero-order valence-corrected chi connectivity index (χ0v) is 54.7. The molecule has 7 atom stereocenters. The number of hydrogen-bond donors (Lipinski definition) is 6. The van der Waals surface area contributed by atoms with Crippen molar-refractivity contribution in [2.24, 2.45) is 0 Å². The first-order chi connectivity index (χ1) is 40.8. The average molecular weight is 1170 g/mol. The van der Waals surface area contributed by atoms with Crippen molar-refractivity contribution in [3.63, 3.8) is 0 Å². The highest BCUT2D eigenvalue weighted by molar-refractivity contribution is 5.76. The maximum Gasteiger partial charge on any atom is 0.220 e. The van der Waals surface area contributed by atoms with Crippen molar-refractivity contribution in [2.75, 3.05) is 13.2 Å². The van der Waals surface area contributed by atoms with E-state index in [1.165, 1.54) is 270 Å². The molecule has 0 aromatic rings. The van der Waals surface area contributed by atoms with Crippen molar-refractivity contribution in [1.29, 1.82) is 0 Å². The van der Waals surface area contributed by atoms with E-state index in [9.17, 15) is 30.3 Å². The smallest absolute Gasteiger partial charge is 0.220 e. The third-order valence-corrected chi connectivity index (χ3v) is 17.4. The fourth-order valence-corrected chi connectivity index (χ4v) is 11.8. The molecule has 1 rings (SSSR count). The van der Waals surface area contributed by atoms with Crippen molar-refractivity contribution >= 4 is 5.91 Å². The Hall–Kier alpha value is -1.85. The van der Waals surface area contributed by atoms with Crippen LogP contribution in [0.15, 0.2) is 48.6 Å². The van der Waals surface area contributed by atoms with Crippen molar-refractivity contribution in [2.45, 2.75) is 403 Å². The van der Waals surface area contributed by atoms with Crippen LogP contribution >= 0.6 is 0 Å². The monoisotopic (exact) mass is 1170 g/mol. The van der Waals surface area contributed by atoms with Crippen molar-refractivity contribution in [1.82, 2.24) is 5.32 Å². The van der Waals surface area contributed by atoms with Gasteiger partial charge in [0.1, 0.15) is 24.4 Å². The SMILES string of the molecule is CC/C=C\C/C=C\C/C=C\C/C=C\CCCCCCCCCCCCCCCCCCCCC(=O)NC(COC1OC(CO)C(O)C(O)C1O)C(O)CCCCCCCCCCCCCCCCCCCCCCCCCCCCCCC. The molecule has 0 spiro atoms. The summed E-state index contributed by atoms with van der Waals surface area (Å²) in [7, 11) is 0. The second-order valence-corrected chi connectivity index (χ2v) is 25.4. The summed E-state index contributed by atoms with van der Waals surface area (Å²) in [4.78, 5) is 13.2. The number of carbonyl (C=O) groups is 1. The number of hydrogen-bond acceptors (Lipinski definition) is 8. The largest absolute Gasteiger partial charge is 0.394 e. The minimum atomic E-state index is -1.55. The van der Waals surface area contributed by atoms with Crippen LogP contribution in [-0.2, 0) is 14.3 Å². The number of carbonyl (C=O) groups excluding carboxylic acids is 1. The topological polar surface area (TPSA) is 149 Å². The Balaban J connectivity index is 2.09. The molecular formula is C74H139NO8. The molecule has 0 aromatic carbocycles. The summed E-state index contributed by atoms with van der Waals surface area (Å²) in [5, 5.41) is 55.0. The molecular weight excluding hydrogens is 1030 g/mol. The summed E-state index contributed by atoms with van der Waals surface area (Å²) in [6, 6.07) is -0.721. The van der Waals surface area contributed by atoms with Gasteiger partial charge in [0, 0.05) is 6.42 Å². The number of aliphatic hydroxyl groups excluding tert-OH is 5. The highest BCUT2D eigenvalue weighted by Crippen LogP contribution is 2.24. The minimum absolute atomic E-state index is 0.135. The summed E-state index contributed by atoms with van der Waals surface area (Å²) >= 11 is 0. The highest BCUT2D eigenvalue weighted by Gasteiger charge is 2.44. The van der Waals surface area contributed by atoms with E-state index in [-0.39, 0.29) is 12.5 Å². The van der Waals surface area contributed by atoms with E-state index in [1.54, 1.807) is 0 Å². The van der Waals surface area contributed by atoms with E-state index in [4.69, 9.17) is 9.47 Å². The fraction of sp³-hybridized carbons (Fsp3) is 0.878. The zero-order chi connectivity index (χ0) is 60.0. The Morgan fingerprint density at radius 3 is 1.11 bits per heavy atom. The predicted octanol–water partition coefficient (Wildman–Crippen LogP) is 20.0. The van der Waals surface area contributed by atoms with Crippen LogP contribution in [0.1, 0.15) is 361 Å². The number of allylic oxidation sites excluding steroid dienone is 8. The molecule has 0 saturated carbocycles. The lowest BCUT2D eigenvalue weighted by Gasteiger charge is -2.40. The van der Waals surface area contributed by atoms with Crippen molar-refractivity contribution < 1.29 is 39.8 Å². The summed E-state index contributed by atoms with van der Waals surface area (Å²) in [6.07, 6.45) is 79.0. The number of amides is 1. The Morgan fingerprint density at radius 1 is 0.422 bits per heavy atom. The quantitative estimate of drug-likeness (QED) is 0.0261. The molecule has 0 radical (unpaired) electrons. The first-order valence-corrected chi connectivity index (χ1v) is 36.3. The van der Waals surface area contributed by atoms with E-state index in [2.05, 4.69) is 67.8 Å². The van der Waals surface area contributed by atoms with Gasteiger partial charge >= 0.3 is 0 Å². The third kappa shape index (κ3) is 51.9. The van der Waals surface area contributed by atoms with Crippen LogP contribution in [-0.4, -0.2) is 87.5 Å². The first-order valence-electron chi connectivity index (χ1n) is 36.3. The van der Waals surface area contributed by atoms with Gasteiger partial charge in [-0.05, 0) is 51.4 Å². The van der Waals surface area contributed by atoms with Crippen LogP contribution in [0.3, 0.4) is 0 Å². The lowest BCUT2D eigenvalue weighted by molar-refractivity contribution is -0.302. The molecule has 488 valence electrons. The van der Waals surface area contributed by atoms with E-state index in [1.807, 2.05) is 0 Å². The van der Waals surface area contributed by atoms with E-state index >= 15 is 0 Å². The molecule has 83 heavy (non-hydrogen) atoms. The van der Waals surface area contributed by atoms with E-state index in [0.717, 1.165) is 64.2 Å². The van der Waals surface area contributed by atoms with Gasteiger partial charge in [0.05, 0.1) is 25.4 Å². The lowest BCUT2D eigenvalue weighted by Crippen LogP contribution is -2.60. The van der Waals surface area contributed by atoms with Gasteiger partial charge in [0.25, 0.3) is 0 Å².